The van der Waals surface area contributed by atoms with Crippen LogP contribution in [-0.4, -0.2) is 26.7 Å². The standard InChI is InChI=1S/C8H20N2.H2/c1-4-5-6-8(10-3)7-9-2;/h8-10H,4-7H2,1-3H3;1H. The highest BCUT2D eigenvalue weighted by molar-refractivity contribution is 4.65. The third-order valence-corrected chi connectivity index (χ3v) is 1.76. The fraction of sp³-hybridized carbons (Fsp3) is 1.00. The topological polar surface area (TPSA) is 24.1 Å². The molecule has 1 atom stereocenters. The van der Waals surface area contributed by atoms with Crippen molar-refractivity contribution in [3.05, 3.63) is 0 Å². The largest absolute Gasteiger partial charge is 0.318 e. The second-order valence-electron chi connectivity index (χ2n) is 2.69. The smallest absolute Gasteiger partial charge is 0.0189 e. The van der Waals surface area contributed by atoms with Gasteiger partial charge in [-0.1, -0.05) is 19.8 Å². The van der Waals surface area contributed by atoms with Crippen LogP contribution >= 0.6 is 0 Å². The molecule has 0 aliphatic rings. The fourth-order valence-electron chi connectivity index (χ4n) is 1.05. The SMILES string of the molecule is CCCCC(CNC)NC.[HH]. The first-order valence-corrected chi connectivity index (χ1v) is 4.17. The van der Waals surface area contributed by atoms with Crippen molar-refractivity contribution in [3.63, 3.8) is 0 Å². The Morgan fingerprint density at radius 1 is 1.40 bits per heavy atom. The zero-order valence-electron chi connectivity index (χ0n) is 7.41. The van der Waals surface area contributed by atoms with Crippen molar-refractivity contribution in [1.82, 2.24) is 10.6 Å². The zero-order chi connectivity index (χ0) is 7.82. The molecule has 0 aliphatic heterocycles. The molecule has 2 N–H and O–H groups in total. The molecule has 0 radical (unpaired) electrons. The summed E-state index contributed by atoms with van der Waals surface area (Å²) in [5.74, 6) is 0. The van der Waals surface area contributed by atoms with Crippen LogP contribution in [0.1, 0.15) is 27.6 Å². The van der Waals surface area contributed by atoms with E-state index in [4.69, 9.17) is 0 Å². The molecule has 0 heterocycles. The summed E-state index contributed by atoms with van der Waals surface area (Å²) in [5, 5.41) is 6.44. The van der Waals surface area contributed by atoms with Gasteiger partial charge in [0.05, 0.1) is 0 Å². The highest BCUT2D eigenvalue weighted by atomic mass is 14.9. The van der Waals surface area contributed by atoms with Gasteiger partial charge in [-0.15, -0.1) is 0 Å². The molecule has 0 saturated heterocycles. The van der Waals surface area contributed by atoms with Crippen molar-refractivity contribution < 1.29 is 1.43 Å². The normalized spacial score (nSPS) is 13.5. The first-order valence-electron chi connectivity index (χ1n) is 4.17. The van der Waals surface area contributed by atoms with Crippen LogP contribution in [0.5, 0.6) is 0 Å². The molecule has 0 saturated carbocycles. The minimum atomic E-state index is 0. The highest BCUT2D eigenvalue weighted by Crippen LogP contribution is 1.98. The van der Waals surface area contributed by atoms with Crippen LogP contribution in [0.15, 0.2) is 0 Å². The van der Waals surface area contributed by atoms with Gasteiger partial charge >= 0.3 is 0 Å². The third-order valence-electron chi connectivity index (χ3n) is 1.76. The lowest BCUT2D eigenvalue weighted by Gasteiger charge is -2.14. The summed E-state index contributed by atoms with van der Waals surface area (Å²) in [6, 6.07) is 0.657. The van der Waals surface area contributed by atoms with Gasteiger partial charge in [-0.25, -0.2) is 0 Å². The lowest BCUT2D eigenvalue weighted by molar-refractivity contribution is 0.481. The highest BCUT2D eigenvalue weighted by Gasteiger charge is 2.01. The van der Waals surface area contributed by atoms with E-state index in [2.05, 4.69) is 17.6 Å². The number of nitrogens with one attached hydrogen (secondary N) is 2. The van der Waals surface area contributed by atoms with Gasteiger partial charge in [0.15, 0.2) is 0 Å². The summed E-state index contributed by atoms with van der Waals surface area (Å²) >= 11 is 0. The van der Waals surface area contributed by atoms with Gasteiger partial charge in [0.1, 0.15) is 0 Å². The lowest BCUT2D eigenvalue weighted by atomic mass is 10.1. The number of rotatable bonds is 6. The van der Waals surface area contributed by atoms with Crippen LogP contribution in [0.4, 0.5) is 0 Å². The van der Waals surface area contributed by atoms with E-state index in [0.717, 1.165) is 6.54 Å². The van der Waals surface area contributed by atoms with E-state index < -0.39 is 0 Å². The van der Waals surface area contributed by atoms with E-state index in [-0.39, 0.29) is 1.43 Å². The molecular weight excluding hydrogens is 124 g/mol. The van der Waals surface area contributed by atoms with Crippen molar-refractivity contribution in [2.24, 2.45) is 0 Å². The molecular formula is C8H22N2. The predicted octanol–water partition coefficient (Wildman–Crippen LogP) is 1.23. The van der Waals surface area contributed by atoms with Crippen molar-refractivity contribution in [2.45, 2.75) is 32.2 Å². The van der Waals surface area contributed by atoms with Crippen LogP contribution in [-0.2, 0) is 0 Å². The molecule has 10 heavy (non-hydrogen) atoms. The molecule has 64 valence electrons. The monoisotopic (exact) mass is 146 g/mol. The first kappa shape index (κ1) is 9.92. The Balaban J connectivity index is 0. The Kier molecular flexibility index (Phi) is 6.98. The summed E-state index contributed by atoms with van der Waals surface area (Å²) in [6.07, 6.45) is 3.91. The zero-order valence-corrected chi connectivity index (χ0v) is 7.41. The second-order valence-corrected chi connectivity index (χ2v) is 2.69. The molecule has 0 amide bonds. The van der Waals surface area contributed by atoms with Crippen LogP contribution in [0.25, 0.3) is 0 Å². The summed E-state index contributed by atoms with van der Waals surface area (Å²) in [7, 11) is 4.02. The summed E-state index contributed by atoms with van der Waals surface area (Å²) in [6.45, 7) is 3.31. The first-order chi connectivity index (χ1) is 4.85. The molecule has 0 aromatic heterocycles. The van der Waals surface area contributed by atoms with Gasteiger partial charge in [0.25, 0.3) is 0 Å². The number of likely N-dealkylation sites (N-methyl/N-ethyl adjacent to an activating group) is 2. The maximum atomic E-state index is 3.28. The van der Waals surface area contributed by atoms with Gasteiger partial charge in [0.2, 0.25) is 0 Å². The van der Waals surface area contributed by atoms with E-state index in [1.807, 2.05) is 14.1 Å². The maximum Gasteiger partial charge on any atom is 0.0189 e. The van der Waals surface area contributed by atoms with Gasteiger partial charge < -0.3 is 10.6 Å². The average molecular weight is 146 g/mol. The molecule has 2 nitrogen and oxygen atoms in total. The molecule has 0 spiro atoms. The van der Waals surface area contributed by atoms with E-state index in [1.54, 1.807) is 0 Å². The Labute approximate surface area is 65.9 Å². The van der Waals surface area contributed by atoms with Gasteiger partial charge in [-0.2, -0.15) is 0 Å². The van der Waals surface area contributed by atoms with Crippen molar-refractivity contribution in [3.8, 4) is 0 Å². The van der Waals surface area contributed by atoms with Crippen molar-refractivity contribution >= 4 is 0 Å². The number of unbranched alkanes of at least 4 members (excludes halogenated alkanes) is 1. The average Bonchev–Trinajstić information content (AvgIpc) is 1.98. The molecule has 1 unspecified atom stereocenters. The molecule has 2 heteroatoms. The van der Waals surface area contributed by atoms with Crippen LogP contribution in [0.2, 0.25) is 0 Å². The summed E-state index contributed by atoms with van der Waals surface area (Å²) in [4.78, 5) is 0. The van der Waals surface area contributed by atoms with Crippen molar-refractivity contribution in [1.29, 1.82) is 0 Å². The number of hydrogen-bond donors (Lipinski definition) is 2. The van der Waals surface area contributed by atoms with E-state index in [0.29, 0.717) is 6.04 Å². The Morgan fingerprint density at radius 3 is 2.50 bits per heavy atom. The minimum absolute atomic E-state index is 0. The Morgan fingerprint density at radius 2 is 2.10 bits per heavy atom. The molecule has 0 aromatic rings. The van der Waals surface area contributed by atoms with E-state index >= 15 is 0 Å². The van der Waals surface area contributed by atoms with Crippen LogP contribution in [0.3, 0.4) is 0 Å². The Bertz CT molecular complexity index is 69.1. The predicted molar refractivity (Wildman–Crippen MR) is 48.4 cm³/mol. The van der Waals surface area contributed by atoms with E-state index in [1.165, 1.54) is 19.3 Å². The third kappa shape index (κ3) is 4.77. The number of hydrogen-bond acceptors (Lipinski definition) is 2. The maximum absolute atomic E-state index is 3.28. The van der Waals surface area contributed by atoms with Crippen LogP contribution < -0.4 is 10.6 Å². The quantitative estimate of drug-likeness (QED) is 0.589. The summed E-state index contributed by atoms with van der Waals surface area (Å²) in [5.41, 5.74) is 0. The second kappa shape index (κ2) is 7.03. The van der Waals surface area contributed by atoms with E-state index in [9.17, 15) is 0 Å². The minimum Gasteiger partial charge on any atom is -0.318 e. The van der Waals surface area contributed by atoms with Gasteiger partial charge in [-0.05, 0) is 20.5 Å². The van der Waals surface area contributed by atoms with Gasteiger partial charge in [0, 0.05) is 14.0 Å². The lowest BCUT2D eigenvalue weighted by Crippen LogP contribution is -2.34. The Hall–Kier alpha value is -0.0800. The molecule has 0 bridgehead atoms. The molecule has 0 aliphatic carbocycles. The summed E-state index contributed by atoms with van der Waals surface area (Å²) < 4.78 is 0. The fourth-order valence-corrected chi connectivity index (χ4v) is 1.05. The molecule has 0 fully saturated rings. The molecule has 0 aromatic carbocycles. The molecule has 0 rings (SSSR count). The van der Waals surface area contributed by atoms with Crippen molar-refractivity contribution in [2.75, 3.05) is 20.6 Å². The van der Waals surface area contributed by atoms with Crippen LogP contribution in [0, 0.1) is 0 Å². The van der Waals surface area contributed by atoms with Gasteiger partial charge in [-0.3, -0.25) is 0 Å².